The van der Waals surface area contributed by atoms with Crippen LogP contribution in [0, 0.1) is 12.8 Å². The zero-order valence-corrected chi connectivity index (χ0v) is 9.65. The maximum Gasteiger partial charge on any atom is 0.0455 e. The van der Waals surface area contributed by atoms with Crippen LogP contribution in [0.1, 0.15) is 30.9 Å². The summed E-state index contributed by atoms with van der Waals surface area (Å²) in [5.74, 6) is 1.32. The van der Waals surface area contributed by atoms with Gasteiger partial charge in [-0.25, -0.2) is 0 Å². The molecule has 1 aliphatic rings. The van der Waals surface area contributed by atoms with Gasteiger partial charge in [0.05, 0.1) is 0 Å². The molecule has 1 nitrogen and oxygen atoms in total. The molecule has 1 aromatic rings. The highest BCUT2D eigenvalue weighted by Crippen LogP contribution is 2.38. The molecule has 1 N–H and O–H groups in total. The van der Waals surface area contributed by atoms with Crippen molar-refractivity contribution in [2.75, 3.05) is 11.9 Å². The van der Waals surface area contributed by atoms with E-state index in [4.69, 9.17) is 11.6 Å². The summed E-state index contributed by atoms with van der Waals surface area (Å²) in [6, 6.07) is 4.16. The van der Waals surface area contributed by atoms with Gasteiger partial charge in [-0.3, -0.25) is 0 Å². The van der Waals surface area contributed by atoms with E-state index in [0.717, 1.165) is 11.6 Å². The number of rotatable bonds is 0. The van der Waals surface area contributed by atoms with Gasteiger partial charge in [0.1, 0.15) is 0 Å². The Hall–Kier alpha value is -0.690. The van der Waals surface area contributed by atoms with Crippen molar-refractivity contribution in [1.29, 1.82) is 0 Å². The minimum atomic E-state index is 0.627. The number of hydrogen-bond donors (Lipinski definition) is 1. The van der Waals surface area contributed by atoms with Crippen molar-refractivity contribution in [2.45, 2.75) is 26.7 Å². The monoisotopic (exact) mass is 209 g/mol. The second-order valence-corrected chi connectivity index (χ2v) is 4.69. The van der Waals surface area contributed by atoms with E-state index >= 15 is 0 Å². The van der Waals surface area contributed by atoms with Gasteiger partial charge in [-0.05, 0) is 36.0 Å². The van der Waals surface area contributed by atoms with Gasteiger partial charge in [0.25, 0.3) is 0 Å². The molecule has 0 saturated carbocycles. The molecule has 2 rings (SSSR count). The van der Waals surface area contributed by atoms with Crippen LogP contribution in [0.15, 0.2) is 12.1 Å². The van der Waals surface area contributed by atoms with E-state index < -0.39 is 0 Å². The van der Waals surface area contributed by atoms with E-state index in [9.17, 15) is 0 Å². The molecular weight excluding hydrogens is 194 g/mol. The van der Waals surface area contributed by atoms with Crippen LogP contribution in [0.4, 0.5) is 5.69 Å². The van der Waals surface area contributed by atoms with Gasteiger partial charge in [-0.15, -0.1) is 0 Å². The first-order chi connectivity index (χ1) is 6.61. The maximum atomic E-state index is 6.09. The molecule has 0 fully saturated rings. The highest BCUT2D eigenvalue weighted by molar-refractivity contribution is 6.31. The summed E-state index contributed by atoms with van der Waals surface area (Å²) in [5, 5.41) is 4.33. The number of hydrogen-bond acceptors (Lipinski definition) is 1. The lowest BCUT2D eigenvalue weighted by molar-refractivity contribution is 0.497. The second-order valence-electron chi connectivity index (χ2n) is 4.28. The lowest BCUT2D eigenvalue weighted by atomic mass is 9.84. The van der Waals surface area contributed by atoms with Crippen molar-refractivity contribution in [1.82, 2.24) is 0 Å². The van der Waals surface area contributed by atoms with Gasteiger partial charge in [0, 0.05) is 17.3 Å². The topological polar surface area (TPSA) is 12.0 Å². The molecule has 0 radical (unpaired) electrons. The predicted molar refractivity (Wildman–Crippen MR) is 62.3 cm³/mol. The molecular formula is C12H16ClN. The Bertz CT molecular complexity index is 360. The molecule has 2 unspecified atom stereocenters. The fraction of sp³-hybridized carbons (Fsp3) is 0.500. The van der Waals surface area contributed by atoms with Crippen molar-refractivity contribution in [3.05, 3.63) is 28.3 Å². The fourth-order valence-corrected chi connectivity index (χ4v) is 2.23. The summed E-state index contributed by atoms with van der Waals surface area (Å²) in [6.45, 7) is 7.70. The van der Waals surface area contributed by atoms with Crippen LogP contribution < -0.4 is 5.32 Å². The lowest BCUT2D eigenvalue weighted by Crippen LogP contribution is -2.24. The Labute approximate surface area is 90.5 Å². The van der Waals surface area contributed by atoms with Crippen LogP contribution >= 0.6 is 11.6 Å². The number of halogens is 1. The van der Waals surface area contributed by atoms with Crippen molar-refractivity contribution >= 4 is 17.3 Å². The van der Waals surface area contributed by atoms with Crippen LogP contribution in [0.25, 0.3) is 0 Å². The Kier molecular flexibility index (Phi) is 2.44. The molecule has 14 heavy (non-hydrogen) atoms. The van der Waals surface area contributed by atoms with Gasteiger partial charge >= 0.3 is 0 Å². The molecule has 0 aliphatic carbocycles. The van der Waals surface area contributed by atoms with E-state index in [1.54, 1.807) is 0 Å². The summed E-state index contributed by atoms with van der Waals surface area (Å²) in [4.78, 5) is 0. The molecule has 0 aromatic heterocycles. The number of benzene rings is 1. The molecule has 1 aromatic carbocycles. The molecule has 1 aliphatic heterocycles. The van der Waals surface area contributed by atoms with E-state index in [1.165, 1.54) is 16.8 Å². The van der Waals surface area contributed by atoms with Crippen molar-refractivity contribution in [3.63, 3.8) is 0 Å². The minimum absolute atomic E-state index is 0.627. The molecule has 0 spiro atoms. The van der Waals surface area contributed by atoms with E-state index in [0.29, 0.717) is 11.8 Å². The van der Waals surface area contributed by atoms with Crippen molar-refractivity contribution < 1.29 is 0 Å². The van der Waals surface area contributed by atoms with Gasteiger partial charge < -0.3 is 5.32 Å². The first-order valence-corrected chi connectivity index (χ1v) is 5.52. The summed E-state index contributed by atoms with van der Waals surface area (Å²) >= 11 is 6.09. The zero-order valence-electron chi connectivity index (χ0n) is 8.89. The maximum absolute atomic E-state index is 6.09. The van der Waals surface area contributed by atoms with E-state index in [2.05, 4.69) is 32.2 Å². The van der Waals surface area contributed by atoms with Crippen LogP contribution in [-0.2, 0) is 0 Å². The number of anilines is 1. The average Bonchev–Trinajstić information content (AvgIpc) is 2.17. The molecule has 2 atom stereocenters. The third-order valence-corrected chi connectivity index (χ3v) is 3.79. The Morgan fingerprint density at radius 3 is 2.79 bits per heavy atom. The van der Waals surface area contributed by atoms with E-state index in [-0.39, 0.29) is 0 Å². The summed E-state index contributed by atoms with van der Waals surface area (Å²) < 4.78 is 0. The summed E-state index contributed by atoms with van der Waals surface area (Å²) in [7, 11) is 0. The molecule has 0 amide bonds. The molecule has 0 bridgehead atoms. The van der Waals surface area contributed by atoms with E-state index in [1.807, 2.05) is 6.07 Å². The predicted octanol–water partition coefficient (Wildman–Crippen LogP) is 3.81. The Morgan fingerprint density at radius 1 is 1.36 bits per heavy atom. The summed E-state index contributed by atoms with van der Waals surface area (Å²) in [5.41, 5.74) is 3.84. The Morgan fingerprint density at radius 2 is 2.07 bits per heavy atom. The van der Waals surface area contributed by atoms with Crippen LogP contribution in [0.2, 0.25) is 5.02 Å². The standard InChI is InChI=1S/C12H16ClN/c1-7-6-14-12-9(3)11(13)5-4-10(12)8(7)2/h4-5,7-8,14H,6H2,1-3H3. The first-order valence-electron chi connectivity index (χ1n) is 5.14. The largest absolute Gasteiger partial charge is 0.384 e. The molecule has 76 valence electrons. The average molecular weight is 210 g/mol. The fourth-order valence-electron chi connectivity index (χ4n) is 2.07. The SMILES string of the molecule is Cc1c(Cl)ccc2c1NCC(C)C2C. The van der Waals surface area contributed by atoms with Gasteiger partial charge in [0.2, 0.25) is 0 Å². The number of fused-ring (bicyclic) bond motifs is 1. The molecule has 0 saturated heterocycles. The highest BCUT2D eigenvalue weighted by atomic mass is 35.5. The van der Waals surface area contributed by atoms with Crippen LogP contribution in [-0.4, -0.2) is 6.54 Å². The second kappa shape index (κ2) is 3.47. The Balaban J connectivity index is 2.53. The quantitative estimate of drug-likeness (QED) is 0.685. The van der Waals surface area contributed by atoms with Crippen molar-refractivity contribution in [2.24, 2.45) is 5.92 Å². The normalized spacial score (nSPS) is 25.4. The summed E-state index contributed by atoms with van der Waals surface area (Å²) in [6.07, 6.45) is 0. The van der Waals surface area contributed by atoms with Gasteiger partial charge in [0.15, 0.2) is 0 Å². The van der Waals surface area contributed by atoms with Crippen LogP contribution in [0.5, 0.6) is 0 Å². The van der Waals surface area contributed by atoms with Gasteiger partial charge in [-0.1, -0.05) is 31.5 Å². The highest BCUT2D eigenvalue weighted by Gasteiger charge is 2.23. The molecule has 2 heteroatoms. The lowest BCUT2D eigenvalue weighted by Gasteiger charge is -2.31. The third-order valence-electron chi connectivity index (χ3n) is 3.38. The van der Waals surface area contributed by atoms with Crippen molar-refractivity contribution in [3.8, 4) is 0 Å². The number of nitrogens with one attached hydrogen (secondary N) is 1. The van der Waals surface area contributed by atoms with Gasteiger partial charge in [-0.2, -0.15) is 0 Å². The zero-order chi connectivity index (χ0) is 10.3. The first kappa shape index (κ1) is 9.85. The smallest absolute Gasteiger partial charge is 0.0455 e. The van der Waals surface area contributed by atoms with Crippen LogP contribution in [0.3, 0.4) is 0 Å². The molecule has 1 heterocycles. The third kappa shape index (κ3) is 1.40. The minimum Gasteiger partial charge on any atom is -0.384 e.